The van der Waals surface area contributed by atoms with Crippen LogP contribution in [0.1, 0.15) is 41.5 Å². The summed E-state index contributed by atoms with van der Waals surface area (Å²) < 4.78 is 6.83. The number of carbonyl (C=O) groups excluding carboxylic acids is 1. The predicted molar refractivity (Wildman–Crippen MR) is 115 cm³/mol. The van der Waals surface area contributed by atoms with Crippen molar-refractivity contribution in [1.29, 1.82) is 0 Å². The lowest BCUT2D eigenvalue weighted by Gasteiger charge is -2.19. The monoisotopic (exact) mass is 417 g/mol. The van der Waals surface area contributed by atoms with Crippen molar-refractivity contribution in [3.8, 4) is 11.3 Å². The lowest BCUT2D eigenvalue weighted by Crippen LogP contribution is -2.26. The summed E-state index contributed by atoms with van der Waals surface area (Å²) in [7, 11) is 0. The molecule has 0 radical (unpaired) electrons. The van der Waals surface area contributed by atoms with Crippen molar-refractivity contribution in [3.63, 3.8) is 0 Å². The molecule has 0 aliphatic heterocycles. The van der Waals surface area contributed by atoms with Crippen molar-refractivity contribution in [3.05, 3.63) is 41.7 Å². The van der Waals surface area contributed by atoms with Gasteiger partial charge in [0.25, 0.3) is 0 Å². The minimum Gasteiger partial charge on any atom is -0.443 e. The number of aromatic nitrogens is 3. The number of carbonyl (C=O) groups is 1. The predicted octanol–water partition coefficient (Wildman–Crippen LogP) is 6.43. The molecule has 2 aromatic heterocycles. The van der Waals surface area contributed by atoms with Crippen LogP contribution in [0, 0.1) is 0 Å². The van der Waals surface area contributed by atoms with Crippen molar-refractivity contribution in [1.82, 2.24) is 14.5 Å². The quantitative estimate of drug-likeness (QED) is 0.450. The van der Waals surface area contributed by atoms with Gasteiger partial charge >= 0.3 is 6.09 Å². The zero-order chi connectivity index (χ0) is 20.7. The van der Waals surface area contributed by atoms with E-state index in [0.29, 0.717) is 21.9 Å². The van der Waals surface area contributed by atoms with Crippen molar-refractivity contribution >= 4 is 40.6 Å². The van der Waals surface area contributed by atoms with Gasteiger partial charge in [0.2, 0.25) is 0 Å². The van der Waals surface area contributed by atoms with E-state index in [-0.39, 0.29) is 4.75 Å². The van der Waals surface area contributed by atoms with Crippen molar-refractivity contribution in [2.45, 2.75) is 56.8 Å². The van der Waals surface area contributed by atoms with E-state index < -0.39 is 11.7 Å². The Hall–Kier alpha value is -2.05. The second kappa shape index (κ2) is 7.41. The molecule has 0 saturated carbocycles. The molecule has 0 saturated heterocycles. The van der Waals surface area contributed by atoms with Crippen LogP contribution in [0.4, 0.5) is 4.79 Å². The van der Waals surface area contributed by atoms with Crippen molar-refractivity contribution in [2.24, 2.45) is 0 Å². The number of benzene rings is 1. The molecule has 5 nitrogen and oxygen atoms in total. The first-order valence-corrected chi connectivity index (χ1v) is 10.2. The molecule has 0 bridgehead atoms. The van der Waals surface area contributed by atoms with Crippen LogP contribution >= 0.6 is 23.4 Å². The highest BCUT2D eigenvalue weighted by molar-refractivity contribution is 8.00. The molecule has 0 atom stereocenters. The number of fused-ring (bicyclic) bond motifs is 1. The topological polar surface area (TPSA) is 57.0 Å². The average Bonchev–Trinajstić information content (AvgIpc) is 2.97. The number of ether oxygens (including phenoxy) is 1. The Labute approximate surface area is 174 Å². The maximum atomic E-state index is 12.4. The Morgan fingerprint density at radius 3 is 2.50 bits per heavy atom. The van der Waals surface area contributed by atoms with Crippen LogP contribution in [0.5, 0.6) is 0 Å². The fourth-order valence-corrected chi connectivity index (χ4v) is 3.96. The first-order chi connectivity index (χ1) is 12.9. The van der Waals surface area contributed by atoms with E-state index in [1.54, 1.807) is 30.2 Å². The highest BCUT2D eigenvalue weighted by Gasteiger charge is 2.21. The third-order valence-corrected chi connectivity index (χ3v) is 5.33. The van der Waals surface area contributed by atoms with Crippen LogP contribution in [0.3, 0.4) is 0 Å². The number of nitrogens with zero attached hydrogens (tertiary/aromatic N) is 3. The van der Waals surface area contributed by atoms with Gasteiger partial charge in [-0.1, -0.05) is 44.5 Å². The first kappa shape index (κ1) is 20.7. The Balaban J connectivity index is 1.98. The molecule has 7 heteroatoms. The van der Waals surface area contributed by atoms with Gasteiger partial charge in [0.15, 0.2) is 5.65 Å². The molecule has 0 aliphatic carbocycles. The van der Waals surface area contributed by atoms with Crippen molar-refractivity contribution < 1.29 is 9.53 Å². The van der Waals surface area contributed by atoms with Crippen LogP contribution in [-0.4, -0.2) is 31.0 Å². The summed E-state index contributed by atoms with van der Waals surface area (Å²) in [6.07, 6.45) is 2.78. The van der Waals surface area contributed by atoms with Crippen LogP contribution in [0.15, 0.2) is 41.6 Å². The molecule has 0 amide bonds. The molecule has 0 N–H and O–H groups in total. The van der Waals surface area contributed by atoms with E-state index in [1.807, 2.05) is 39.0 Å². The van der Waals surface area contributed by atoms with Crippen LogP contribution in [0.2, 0.25) is 5.02 Å². The summed E-state index contributed by atoms with van der Waals surface area (Å²) in [5.74, 6) is 0. The Morgan fingerprint density at radius 2 is 1.86 bits per heavy atom. The second-order valence-corrected chi connectivity index (χ2v) is 10.7. The molecule has 0 spiro atoms. The van der Waals surface area contributed by atoms with E-state index in [0.717, 1.165) is 10.5 Å². The van der Waals surface area contributed by atoms with Gasteiger partial charge in [0.05, 0.1) is 16.9 Å². The molecule has 0 aliphatic rings. The molecule has 0 fully saturated rings. The summed E-state index contributed by atoms with van der Waals surface area (Å²) in [6.45, 7) is 11.9. The highest BCUT2D eigenvalue weighted by atomic mass is 35.5. The van der Waals surface area contributed by atoms with Gasteiger partial charge in [-0.15, -0.1) is 11.8 Å². The van der Waals surface area contributed by atoms with E-state index >= 15 is 0 Å². The minimum absolute atomic E-state index is 0.0442. The molecule has 3 rings (SSSR count). The number of thioether (sulfide) groups is 1. The number of halogens is 1. The third-order valence-electron chi connectivity index (χ3n) is 3.63. The number of rotatable bonds is 2. The number of hydrogen-bond donors (Lipinski definition) is 0. The fraction of sp³-hybridized carbons (Fsp3) is 0.381. The Bertz CT molecular complexity index is 1030. The number of hydrogen-bond acceptors (Lipinski definition) is 5. The molecule has 148 valence electrons. The smallest absolute Gasteiger partial charge is 0.420 e. The van der Waals surface area contributed by atoms with Gasteiger partial charge in [-0.3, -0.25) is 0 Å². The van der Waals surface area contributed by atoms with Crippen molar-refractivity contribution in [2.75, 3.05) is 0 Å². The summed E-state index contributed by atoms with van der Waals surface area (Å²) in [5, 5.41) is 0.655. The lowest BCUT2D eigenvalue weighted by molar-refractivity contribution is 0.0543. The maximum Gasteiger partial charge on any atom is 0.420 e. The molecule has 3 aromatic rings. The molecule has 0 unspecified atom stereocenters. The zero-order valence-electron chi connectivity index (χ0n) is 16.9. The normalized spacial score (nSPS) is 12.4. The summed E-state index contributed by atoms with van der Waals surface area (Å²) in [5.41, 5.74) is 1.95. The van der Waals surface area contributed by atoms with Crippen LogP contribution < -0.4 is 0 Å². The fourth-order valence-electron chi connectivity index (χ4n) is 2.62. The molecular weight excluding hydrogens is 394 g/mol. The molecule has 2 heterocycles. The largest absolute Gasteiger partial charge is 0.443 e. The van der Waals surface area contributed by atoms with Crippen LogP contribution in [0.25, 0.3) is 22.4 Å². The van der Waals surface area contributed by atoms with Gasteiger partial charge in [-0.25, -0.2) is 19.3 Å². The first-order valence-electron chi connectivity index (χ1n) is 9.00. The third kappa shape index (κ3) is 4.67. The summed E-state index contributed by atoms with van der Waals surface area (Å²) in [6, 6.07) is 7.65. The average molecular weight is 418 g/mol. The summed E-state index contributed by atoms with van der Waals surface area (Å²) in [4.78, 5) is 22.5. The lowest BCUT2D eigenvalue weighted by atomic mass is 10.1. The van der Waals surface area contributed by atoms with E-state index in [9.17, 15) is 4.79 Å². The van der Waals surface area contributed by atoms with E-state index in [1.165, 1.54) is 4.57 Å². The maximum absolute atomic E-state index is 12.4. The van der Waals surface area contributed by atoms with E-state index in [4.69, 9.17) is 16.3 Å². The minimum atomic E-state index is -0.584. The Morgan fingerprint density at radius 1 is 1.14 bits per heavy atom. The molecular formula is C21H24ClN3O2S. The van der Waals surface area contributed by atoms with Gasteiger partial charge in [0.1, 0.15) is 11.1 Å². The summed E-state index contributed by atoms with van der Waals surface area (Å²) >= 11 is 8.37. The highest BCUT2D eigenvalue weighted by Crippen LogP contribution is 2.40. The van der Waals surface area contributed by atoms with Crippen LogP contribution in [-0.2, 0) is 4.74 Å². The SMILES string of the molecule is CC(C)(C)OC(=O)n1ccc2nc(-c3cccc(SC(C)(C)C)c3Cl)cnc21. The van der Waals surface area contributed by atoms with Gasteiger partial charge in [-0.2, -0.15) is 0 Å². The second-order valence-electron chi connectivity index (χ2n) is 8.46. The van der Waals surface area contributed by atoms with Gasteiger partial charge in [-0.05, 0) is 32.9 Å². The molecule has 28 heavy (non-hydrogen) atoms. The molecule has 1 aromatic carbocycles. The van der Waals surface area contributed by atoms with E-state index in [2.05, 4.69) is 30.7 Å². The Kier molecular flexibility index (Phi) is 5.47. The zero-order valence-corrected chi connectivity index (χ0v) is 18.5. The van der Waals surface area contributed by atoms with Gasteiger partial charge < -0.3 is 4.74 Å². The standard InChI is InChI=1S/C21H24ClN3O2S/c1-20(2,3)27-19(26)25-11-10-14-18(25)23-12-15(24-14)13-8-7-9-16(17(13)22)28-21(4,5)6/h7-12H,1-6H3. The van der Waals surface area contributed by atoms with Gasteiger partial charge in [0, 0.05) is 21.4 Å².